The molecule has 1 amide bonds. The Hall–Kier alpha value is -3.61. The molecule has 0 bridgehead atoms. The molecule has 0 aliphatic carbocycles. The molecule has 1 aromatic heterocycles. The molecule has 0 saturated carbocycles. The first kappa shape index (κ1) is 22.6. The van der Waals surface area contributed by atoms with Crippen LogP contribution < -0.4 is 10.4 Å². The van der Waals surface area contributed by atoms with Gasteiger partial charge in [0.1, 0.15) is 17.9 Å². The average Bonchev–Trinajstić information content (AvgIpc) is 2.81. The molecule has 0 unspecified atom stereocenters. The molecule has 2 aromatic carbocycles. The number of carbonyl (C=O) groups is 2. The van der Waals surface area contributed by atoms with Crippen LogP contribution in [0.5, 0.6) is 5.75 Å². The van der Waals surface area contributed by atoms with Gasteiger partial charge in [0, 0.05) is 30.6 Å². The third kappa shape index (κ3) is 5.61. The minimum Gasteiger partial charge on any atom is -0.489 e. The lowest BCUT2D eigenvalue weighted by atomic mass is 9.99. The van der Waals surface area contributed by atoms with Gasteiger partial charge in [-0.3, -0.25) is 4.79 Å². The van der Waals surface area contributed by atoms with Gasteiger partial charge in [0.25, 0.3) is 5.91 Å². The summed E-state index contributed by atoms with van der Waals surface area (Å²) in [6, 6.07) is 13.7. The third-order valence-corrected chi connectivity index (χ3v) is 5.98. The van der Waals surface area contributed by atoms with E-state index >= 15 is 0 Å². The Bertz CT molecular complexity index is 1210. The third-order valence-electron chi connectivity index (χ3n) is 5.98. The van der Waals surface area contributed by atoms with Crippen LogP contribution in [0.3, 0.4) is 0 Å². The van der Waals surface area contributed by atoms with Crippen LogP contribution in [-0.4, -0.2) is 36.5 Å². The maximum absolute atomic E-state index is 12.3. The van der Waals surface area contributed by atoms with Crippen LogP contribution in [0.2, 0.25) is 0 Å². The highest BCUT2D eigenvalue weighted by Crippen LogP contribution is 2.23. The van der Waals surface area contributed by atoms with E-state index in [0.29, 0.717) is 22.8 Å². The fourth-order valence-electron chi connectivity index (χ4n) is 3.86. The first-order valence-electron chi connectivity index (χ1n) is 11.1. The number of nitrogens with zero attached hydrogens (tertiary/aromatic N) is 1. The predicted octanol–water partition coefficient (Wildman–Crippen LogP) is 4.10. The van der Waals surface area contributed by atoms with Gasteiger partial charge in [0.15, 0.2) is 6.61 Å². The number of hydrogen-bond donors (Lipinski definition) is 0. The number of fused-ring (bicyclic) bond motifs is 1. The van der Waals surface area contributed by atoms with Crippen molar-refractivity contribution in [2.45, 2.75) is 33.3 Å². The summed E-state index contributed by atoms with van der Waals surface area (Å²) in [4.78, 5) is 37.9. The monoisotopic (exact) mass is 449 g/mol. The Kier molecular flexibility index (Phi) is 6.77. The smallest absolute Gasteiger partial charge is 0.338 e. The van der Waals surface area contributed by atoms with Crippen LogP contribution in [0.15, 0.2) is 57.7 Å². The van der Waals surface area contributed by atoms with E-state index in [1.807, 2.05) is 19.1 Å². The fourth-order valence-corrected chi connectivity index (χ4v) is 3.86. The Morgan fingerprint density at radius 2 is 1.79 bits per heavy atom. The number of rotatable bonds is 6. The van der Waals surface area contributed by atoms with Crippen molar-refractivity contribution in [3.63, 3.8) is 0 Å². The Balaban J connectivity index is 1.30. The number of ether oxygens (including phenoxy) is 2. The normalized spacial score (nSPS) is 14.3. The van der Waals surface area contributed by atoms with Crippen LogP contribution in [0, 0.1) is 12.8 Å². The van der Waals surface area contributed by atoms with E-state index in [1.54, 1.807) is 35.2 Å². The van der Waals surface area contributed by atoms with Gasteiger partial charge < -0.3 is 18.8 Å². The molecule has 0 atom stereocenters. The highest BCUT2D eigenvalue weighted by Gasteiger charge is 2.21. The van der Waals surface area contributed by atoms with Crippen LogP contribution in [0.1, 0.15) is 41.3 Å². The zero-order valence-corrected chi connectivity index (χ0v) is 18.8. The van der Waals surface area contributed by atoms with E-state index in [-0.39, 0.29) is 19.1 Å². The van der Waals surface area contributed by atoms with E-state index < -0.39 is 11.6 Å². The van der Waals surface area contributed by atoms with Gasteiger partial charge >= 0.3 is 11.6 Å². The summed E-state index contributed by atoms with van der Waals surface area (Å²) in [5, 5.41) is 0.859. The Labute approximate surface area is 191 Å². The molecule has 1 saturated heterocycles. The highest BCUT2D eigenvalue weighted by atomic mass is 16.5. The fraction of sp³-hybridized carbons (Fsp3) is 0.346. The second-order valence-electron chi connectivity index (χ2n) is 8.53. The van der Waals surface area contributed by atoms with Crippen molar-refractivity contribution in [2.24, 2.45) is 5.92 Å². The number of esters is 1. The van der Waals surface area contributed by atoms with Gasteiger partial charge in [-0.2, -0.15) is 0 Å². The standard InChI is InChI=1S/C26H27NO6/c1-17-9-11-27(12-10-17)24(28)16-32-26(30)20-5-3-19(4-6-20)15-31-21-7-8-22-18(2)13-25(29)33-23(22)14-21/h3-8,13-14,17H,9-12,15-16H2,1-2H3. The summed E-state index contributed by atoms with van der Waals surface area (Å²) in [5.74, 6) is 0.526. The second kappa shape index (κ2) is 9.90. The molecule has 1 aliphatic heterocycles. The number of piperidine rings is 1. The predicted molar refractivity (Wildman–Crippen MR) is 123 cm³/mol. The molecule has 7 heteroatoms. The minimum absolute atomic E-state index is 0.151. The number of likely N-dealkylation sites (tertiary alicyclic amines) is 1. The molecule has 4 rings (SSSR count). The van der Waals surface area contributed by atoms with Crippen molar-refractivity contribution >= 4 is 22.8 Å². The minimum atomic E-state index is -0.527. The molecular weight excluding hydrogens is 422 g/mol. The lowest BCUT2D eigenvalue weighted by Gasteiger charge is -2.30. The first-order chi connectivity index (χ1) is 15.9. The highest BCUT2D eigenvalue weighted by molar-refractivity contribution is 5.91. The van der Waals surface area contributed by atoms with Crippen molar-refractivity contribution in [1.29, 1.82) is 0 Å². The number of aryl methyl sites for hydroxylation is 1. The van der Waals surface area contributed by atoms with Crippen LogP contribution in [-0.2, 0) is 16.1 Å². The summed E-state index contributed by atoms with van der Waals surface area (Å²) in [6.45, 7) is 5.51. The maximum Gasteiger partial charge on any atom is 0.338 e. The topological polar surface area (TPSA) is 86.0 Å². The van der Waals surface area contributed by atoms with E-state index in [4.69, 9.17) is 13.9 Å². The van der Waals surface area contributed by atoms with Crippen molar-refractivity contribution in [2.75, 3.05) is 19.7 Å². The molecule has 1 fully saturated rings. The molecule has 0 spiro atoms. The largest absolute Gasteiger partial charge is 0.489 e. The van der Waals surface area contributed by atoms with Crippen LogP contribution >= 0.6 is 0 Å². The van der Waals surface area contributed by atoms with E-state index in [1.165, 1.54) is 6.07 Å². The van der Waals surface area contributed by atoms with Crippen molar-refractivity contribution in [1.82, 2.24) is 4.90 Å². The number of amides is 1. The van der Waals surface area contributed by atoms with Gasteiger partial charge in [-0.1, -0.05) is 19.1 Å². The molecule has 3 aromatic rings. The van der Waals surface area contributed by atoms with Gasteiger partial charge in [-0.25, -0.2) is 9.59 Å². The lowest BCUT2D eigenvalue weighted by Crippen LogP contribution is -2.40. The molecule has 1 aliphatic rings. The van der Waals surface area contributed by atoms with Gasteiger partial charge in [0.2, 0.25) is 0 Å². The van der Waals surface area contributed by atoms with Gasteiger partial charge in [-0.05, 0) is 61.1 Å². The number of hydrogen-bond acceptors (Lipinski definition) is 6. The molecule has 33 heavy (non-hydrogen) atoms. The zero-order valence-electron chi connectivity index (χ0n) is 18.8. The summed E-state index contributed by atoms with van der Waals surface area (Å²) in [6.07, 6.45) is 1.97. The summed E-state index contributed by atoms with van der Waals surface area (Å²) in [7, 11) is 0. The average molecular weight is 450 g/mol. The number of carbonyl (C=O) groups excluding carboxylic acids is 2. The lowest BCUT2D eigenvalue weighted by molar-refractivity contribution is -0.135. The van der Waals surface area contributed by atoms with Crippen molar-refractivity contribution in [3.8, 4) is 5.75 Å². The zero-order chi connectivity index (χ0) is 23.4. The van der Waals surface area contributed by atoms with Crippen molar-refractivity contribution < 1.29 is 23.5 Å². The molecule has 172 valence electrons. The Morgan fingerprint density at radius 3 is 2.52 bits per heavy atom. The molecule has 2 heterocycles. The molecule has 0 N–H and O–H groups in total. The van der Waals surface area contributed by atoms with Crippen molar-refractivity contribution in [3.05, 3.63) is 75.6 Å². The van der Waals surface area contributed by atoms with E-state index in [0.717, 1.165) is 42.4 Å². The SMILES string of the molecule is Cc1cc(=O)oc2cc(OCc3ccc(C(=O)OCC(=O)N4CCC(C)CC4)cc3)ccc12. The van der Waals surface area contributed by atoms with Crippen LogP contribution in [0.25, 0.3) is 11.0 Å². The summed E-state index contributed by atoms with van der Waals surface area (Å²) >= 11 is 0. The molecule has 0 radical (unpaired) electrons. The molecular formula is C26H27NO6. The Morgan fingerprint density at radius 1 is 1.06 bits per heavy atom. The second-order valence-corrected chi connectivity index (χ2v) is 8.53. The summed E-state index contributed by atoms with van der Waals surface area (Å²) in [5.41, 5.74) is 2.16. The van der Waals surface area contributed by atoms with E-state index in [2.05, 4.69) is 6.92 Å². The summed E-state index contributed by atoms with van der Waals surface area (Å²) < 4.78 is 16.3. The quantitative estimate of drug-likeness (QED) is 0.416. The first-order valence-corrected chi connectivity index (χ1v) is 11.1. The molecule has 7 nitrogen and oxygen atoms in total. The van der Waals surface area contributed by atoms with Gasteiger partial charge in [-0.15, -0.1) is 0 Å². The number of benzene rings is 2. The van der Waals surface area contributed by atoms with Crippen LogP contribution in [0.4, 0.5) is 0 Å². The van der Waals surface area contributed by atoms with Gasteiger partial charge in [0.05, 0.1) is 5.56 Å². The maximum atomic E-state index is 12.3. The van der Waals surface area contributed by atoms with E-state index in [9.17, 15) is 14.4 Å².